The molecule has 0 fully saturated rings. The SMILES string of the molecule is Cc1nnsc1C(=O)c1cccc(C(F)(F)F)c1. The maximum Gasteiger partial charge on any atom is 0.416 e. The molecule has 18 heavy (non-hydrogen) atoms. The van der Waals surface area contributed by atoms with Gasteiger partial charge in [-0.2, -0.15) is 13.2 Å². The summed E-state index contributed by atoms with van der Waals surface area (Å²) in [5.41, 5.74) is -0.440. The van der Waals surface area contributed by atoms with E-state index < -0.39 is 17.5 Å². The lowest BCUT2D eigenvalue weighted by atomic mass is 10.1. The van der Waals surface area contributed by atoms with Crippen LogP contribution in [0.25, 0.3) is 0 Å². The van der Waals surface area contributed by atoms with E-state index in [0.717, 1.165) is 23.7 Å². The highest BCUT2D eigenvalue weighted by molar-refractivity contribution is 7.08. The van der Waals surface area contributed by atoms with Gasteiger partial charge >= 0.3 is 6.18 Å². The Labute approximate surface area is 104 Å². The van der Waals surface area contributed by atoms with Gasteiger partial charge in [-0.1, -0.05) is 16.6 Å². The first-order valence-corrected chi connectivity index (χ1v) is 5.68. The summed E-state index contributed by atoms with van der Waals surface area (Å²) in [5, 5.41) is 3.66. The van der Waals surface area contributed by atoms with Crippen molar-refractivity contribution >= 4 is 17.3 Å². The summed E-state index contributed by atoms with van der Waals surface area (Å²) in [6, 6.07) is 4.31. The molecule has 2 aromatic rings. The molecule has 7 heteroatoms. The first kappa shape index (κ1) is 12.7. The minimum Gasteiger partial charge on any atom is -0.288 e. The van der Waals surface area contributed by atoms with E-state index >= 15 is 0 Å². The summed E-state index contributed by atoms with van der Waals surface area (Å²) >= 11 is 0.874. The van der Waals surface area contributed by atoms with E-state index in [1.807, 2.05) is 0 Å². The molecular weight excluding hydrogens is 265 g/mol. The van der Waals surface area contributed by atoms with E-state index in [-0.39, 0.29) is 10.4 Å². The van der Waals surface area contributed by atoms with Gasteiger partial charge in [0, 0.05) is 5.56 Å². The monoisotopic (exact) mass is 272 g/mol. The van der Waals surface area contributed by atoms with Crippen molar-refractivity contribution in [3.63, 3.8) is 0 Å². The third-order valence-corrected chi connectivity index (χ3v) is 3.14. The van der Waals surface area contributed by atoms with Crippen LogP contribution in [0.3, 0.4) is 0 Å². The summed E-state index contributed by atoms with van der Waals surface area (Å²) in [7, 11) is 0. The average molecular weight is 272 g/mol. The maximum absolute atomic E-state index is 12.5. The van der Waals surface area contributed by atoms with Crippen molar-refractivity contribution in [1.82, 2.24) is 9.59 Å². The Bertz CT molecular complexity index is 592. The fourth-order valence-electron chi connectivity index (χ4n) is 1.41. The van der Waals surface area contributed by atoms with Gasteiger partial charge in [0.25, 0.3) is 0 Å². The lowest BCUT2D eigenvalue weighted by molar-refractivity contribution is -0.137. The molecule has 0 aliphatic rings. The number of carbonyl (C=O) groups excluding carboxylic acids is 1. The Morgan fingerprint density at radius 2 is 2.06 bits per heavy atom. The normalized spacial score (nSPS) is 11.6. The molecule has 3 nitrogen and oxygen atoms in total. The smallest absolute Gasteiger partial charge is 0.288 e. The number of benzene rings is 1. The van der Waals surface area contributed by atoms with Gasteiger partial charge in [-0.25, -0.2) is 0 Å². The second-order valence-corrected chi connectivity index (χ2v) is 4.35. The summed E-state index contributed by atoms with van der Waals surface area (Å²) in [4.78, 5) is 12.2. The van der Waals surface area contributed by atoms with Crippen LogP contribution in [0.15, 0.2) is 24.3 Å². The van der Waals surface area contributed by atoms with Crippen LogP contribution in [0.5, 0.6) is 0 Å². The lowest BCUT2D eigenvalue weighted by Crippen LogP contribution is -2.08. The Balaban J connectivity index is 2.41. The van der Waals surface area contributed by atoms with Crippen LogP contribution in [0, 0.1) is 6.92 Å². The zero-order valence-corrected chi connectivity index (χ0v) is 9.97. The van der Waals surface area contributed by atoms with Crippen molar-refractivity contribution in [2.75, 3.05) is 0 Å². The summed E-state index contributed by atoms with van der Waals surface area (Å²) < 4.78 is 41.1. The standard InChI is InChI=1S/C11H7F3N2OS/c1-6-10(18-16-15-6)9(17)7-3-2-4-8(5-7)11(12,13)14/h2-5H,1H3. The van der Waals surface area contributed by atoms with Crippen molar-refractivity contribution in [2.45, 2.75) is 13.1 Å². The van der Waals surface area contributed by atoms with Gasteiger partial charge in [-0.05, 0) is 30.6 Å². The first-order valence-electron chi connectivity index (χ1n) is 4.90. The van der Waals surface area contributed by atoms with Gasteiger partial charge in [0.05, 0.1) is 11.3 Å². The predicted octanol–water partition coefficient (Wildman–Crippen LogP) is 3.10. The number of nitrogens with zero attached hydrogens (tertiary/aromatic N) is 2. The zero-order chi connectivity index (χ0) is 13.3. The fourth-order valence-corrected chi connectivity index (χ4v) is 2.03. The molecule has 0 aliphatic heterocycles. The second-order valence-electron chi connectivity index (χ2n) is 3.60. The van der Waals surface area contributed by atoms with Gasteiger partial charge in [0.1, 0.15) is 4.88 Å². The molecule has 0 amide bonds. The van der Waals surface area contributed by atoms with Crippen LogP contribution in [0.2, 0.25) is 0 Å². The van der Waals surface area contributed by atoms with Crippen LogP contribution in [-0.2, 0) is 6.18 Å². The molecule has 1 aromatic carbocycles. The number of carbonyl (C=O) groups is 1. The van der Waals surface area contributed by atoms with Gasteiger partial charge < -0.3 is 0 Å². The molecule has 94 valence electrons. The molecule has 0 N–H and O–H groups in total. The number of hydrogen-bond donors (Lipinski definition) is 0. The second kappa shape index (κ2) is 4.49. The van der Waals surface area contributed by atoms with Crippen LogP contribution in [-0.4, -0.2) is 15.4 Å². The number of halogens is 3. The fraction of sp³-hybridized carbons (Fsp3) is 0.182. The molecule has 0 aliphatic carbocycles. The van der Waals surface area contributed by atoms with Gasteiger partial charge in [-0.15, -0.1) is 5.10 Å². The molecule has 0 bridgehead atoms. The van der Waals surface area contributed by atoms with E-state index in [9.17, 15) is 18.0 Å². The zero-order valence-electron chi connectivity index (χ0n) is 9.15. The molecule has 0 atom stereocenters. The number of alkyl halides is 3. The Hall–Kier alpha value is -1.76. The highest BCUT2D eigenvalue weighted by Crippen LogP contribution is 2.30. The number of ketones is 1. The van der Waals surface area contributed by atoms with E-state index in [0.29, 0.717) is 5.69 Å². The minimum atomic E-state index is -4.46. The molecule has 0 radical (unpaired) electrons. The topological polar surface area (TPSA) is 42.9 Å². The first-order chi connectivity index (χ1) is 8.39. The summed E-state index contributed by atoms with van der Waals surface area (Å²) in [6.45, 7) is 1.59. The van der Waals surface area contributed by atoms with Crippen molar-refractivity contribution in [3.05, 3.63) is 46.0 Å². The molecule has 0 saturated carbocycles. The summed E-state index contributed by atoms with van der Waals surface area (Å²) in [6.07, 6.45) is -4.46. The highest BCUT2D eigenvalue weighted by atomic mass is 32.1. The minimum absolute atomic E-state index is 0.0148. The van der Waals surface area contributed by atoms with E-state index in [1.54, 1.807) is 6.92 Å². The largest absolute Gasteiger partial charge is 0.416 e. The number of aryl methyl sites for hydroxylation is 1. The molecule has 1 aromatic heterocycles. The highest BCUT2D eigenvalue weighted by Gasteiger charge is 2.31. The summed E-state index contributed by atoms with van der Waals surface area (Å²) in [5.74, 6) is -0.492. The quantitative estimate of drug-likeness (QED) is 0.789. The Kier molecular flexibility index (Phi) is 3.16. The molecule has 1 heterocycles. The third-order valence-electron chi connectivity index (χ3n) is 2.31. The van der Waals surface area contributed by atoms with E-state index in [2.05, 4.69) is 9.59 Å². The molecule has 2 rings (SSSR count). The Morgan fingerprint density at radius 1 is 1.33 bits per heavy atom. The van der Waals surface area contributed by atoms with Gasteiger partial charge in [0.2, 0.25) is 5.78 Å². The average Bonchev–Trinajstić information content (AvgIpc) is 2.73. The van der Waals surface area contributed by atoms with Crippen LogP contribution in [0.1, 0.15) is 26.5 Å². The van der Waals surface area contributed by atoms with Crippen molar-refractivity contribution in [3.8, 4) is 0 Å². The third kappa shape index (κ3) is 2.40. The predicted molar refractivity (Wildman–Crippen MR) is 59.5 cm³/mol. The number of aromatic nitrogens is 2. The maximum atomic E-state index is 12.5. The number of hydrogen-bond acceptors (Lipinski definition) is 4. The molecule has 0 saturated heterocycles. The van der Waals surface area contributed by atoms with Crippen molar-refractivity contribution < 1.29 is 18.0 Å². The van der Waals surface area contributed by atoms with Crippen LogP contribution >= 0.6 is 11.5 Å². The molecule has 0 spiro atoms. The van der Waals surface area contributed by atoms with E-state index in [1.165, 1.54) is 12.1 Å². The molecule has 0 unspecified atom stereocenters. The van der Waals surface area contributed by atoms with Crippen LogP contribution in [0.4, 0.5) is 13.2 Å². The molecular formula is C11H7F3N2OS. The number of rotatable bonds is 2. The van der Waals surface area contributed by atoms with Crippen LogP contribution < -0.4 is 0 Å². The van der Waals surface area contributed by atoms with Crippen molar-refractivity contribution in [2.24, 2.45) is 0 Å². The van der Waals surface area contributed by atoms with Crippen molar-refractivity contribution in [1.29, 1.82) is 0 Å². The Morgan fingerprint density at radius 3 is 2.61 bits per heavy atom. The van der Waals surface area contributed by atoms with Gasteiger partial charge in [-0.3, -0.25) is 4.79 Å². The lowest BCUT2D eigenvalue weighted by Gasteiger charge is -2.07. The van der Waals surface area contributed by atoms with Gasteiger partial charge in [0.15, 0.2) is 0 Å². The van der Waals surface area contributed by atoms with E-state index in [4.69, 9.17) is 0 Å².